The quantitative estimate of drug-likeness (QED) is 0.512. The van der Waals surface area contributed by atoms with Gasteiger partial charge in [0.1, 0.15) is 0 Å². The van der Waals surface area contributed by atoms with Crippen LogP contribution >= 0.6 is 15.9 Å². The fourth-order valence-electron chi connectivity index (χ4n) is 3.64. The molecule has 4 nitrogen and oxygen atoms in total. The van der Waals surface area contributed by atoms with Crippen LogP contribution in [-0.4, -0.2) is 28.9 Å². The standard InChI is InChI=1S/C21H23BrN2O2/c1-15-20(21(25)13-22)12-19(7-2-16-8-10-26-11-9-16)24(15)18-5-3-17(14-23)4-6-18/h3-6,12,16H,2,7-11,13H2,1H3. The van der Waals surface area contributed by atoms with Crippen LogP contribution in [0.25, 0.3) is 5.69 Å². The second-order valence-electron chi connectivity index (χ2n) is 6.78. The lowest BCUT2D eigenvalue weighted by Crippen LogP contribution is -2.16. The van der Waals surface area contributed by atoms with Crippen LogP contribution in [-0.2, 0) is 11.2 Å². The smallest absolute Gasteiger partial charge is 0.175 e. The minimum absolute atomic E-state index is 0.0993. The van der Waals surface area contributed by atoms with E-state index in [4.69, 9.17) is 10.00 Å². The molecule has 0 N–H and O–H groups in total. The number of alkyl halides is 1. The number of carbonyl (C=O) groups is 1. The summed E-state index contributed by atoms with van der Waals surface area (Å²) >= 11 is 3.29. The van der Waals surface area contributed by atoms with Gasteiger partial charge in [0.05, 0.1) is 17.0 Å². The molecule has 3 rings (SSSR count). The Hall–Kier alpha value is -1.90. The van der Waals surface area contributed by atoms with E-state index in [1.807, 2.05) is 37.3 Å². The summed E-state index contributed by atoms with van der Waals surface area (Å²) in [5.74, 6) is 0.783. The molecule has 136 valence electrons. The largest absolute Gasteiger partial charge is 0.381 e. The Kier molecular flexibility index (Phi) is 6.29. The molecule has 1 saturated heterocycles. The zero-order valence-electron chi connectivity index (χ0n) is 15.0. The van der Waals surface area contributed by atoms with Crippen LogP contribution in [0.4, 0.5) is 0 Å². The number of aryl methyl sites for hydroxylation is 1. The molecule has 0 spiro atoms. The van der Waals surface area contributed by atoms with Crippen molar-refractivity contribution in [1.82, 2.24) is 4.57 Å². The van der Waals surface area contributed by atoms with Gasteiger partial charge in [-0.1, -0.05) is 15.9 Å². The van der Waals surface area contributed by atoms with E-state index < -0.39 is 0 Å². The highest BCUT2D eigenvalue weighted by Crippen LogP contribution is 2.26. The van der Waals surface area contributed by atoms with Crippen molar-refractivity contribution in [3.8, 4) is 11.8 Å². The Balaban J connectivity index is 1.92. The molecule has 1 aliphatic rings. The van der Waals surface area contributed by atoms with Gasteiger partial charge in [0.25, 0.3) is 0 Å². The molecule has 1 aromatic carbocycles. The number of hydrogen-bond acceptors (Lipinski definition) is 3. The van der Waals surface area contributed by atoms with Crippen LogP contribution in [0, 0.1) is 24.2 Å². The van der Waals surface area contributed by atoms with Gasteiger partial charge >= 0.3 is 0 Å². The molecule has 5 heteroatoms. The molecule has 0 atom stereocenters. The molecule has 1 fully saturated rings. The number of ether oxygens (including phenoxy) is 1. The summed E-state index contributed by atoms with van der Waals surface area (Å²) in [5.41, 5.74) is 4.52. The van der Waals surface area contributed by atoms with Gasteiger partial charge in [0, 0.05) is 35.9 Å². The number of halogens is 1. The first-order valence-corrected chi connectivity index (χ1v) is 10.1. The first-order valence-electron chi connectivity index (χ1n) is 9.02. The van der Waals surface area contributed by atoms with E-state index in [0.29, 0.717) is 16.8 Å². The Morgan fingerprint density at radius 1 is 1.31 bits per heavy atom. The topological polar surface area (TPSA) is 55.0 Å². The van der Waals surface area contributed by atoms with Gasteiger partial charge in [-0.15, -0.1) is 0 Å². The highest BCUT2D eigenvalue weighted by Gasteiger charge is 2.20. The van der Waals surface area contributed by atoms with Crippen molar-refractivity contribution >= 4 is 21.7 Å². The minimum atomic E-state index is 0.0993. The van der Waals surface area contributed by atoms with Gasteiger partial charge in [-0.3, -0.25) is 4.79 Å². The van der Waals surface area contributed by atoms with Crippen LogP contribution in [0.1, 0.15) is 46.6 Å². The molecule has 1 aliphatic heterocycles. The highest BCUT2D eigenvalue weighted by molar-refractivity contribution is 9.09. The van der Waals surface area contributed by atoms with Gasteiger partial charge in [0.2, 0.25) is 0 Å². The van der Waals surface area contributed by atoms with Crippen LogP contribution in [0.2, 0.25) is 0 Å². The van der Waals surface area contributed by atoms with Crippen molar-refractivity contribution in [2.75, 3.05) is 18.5 Å². The molecule has 0 bridgehead atoms. The van der Waals surface area contributed by atoms with Crippen molar-refractivity contribution in [1.29, 1.82) is 5.26 Å². The maximum absolute atomic E-state index is 12.3. The lowest BCUT2D eigenvalue weighted by molar-refractivity contribution is 0.0639. The van der Waals surface area contributed by atoms with E-state index in [2.05, 4.69) is 26.6 Å². The van der Waals surface area contributed by atoms with Crippen LogP contribution in [0.5, 0.6) is 0 Å². The lowest BCUT2D eigenvalue weighted by atomic mass is 9.94. The summed E-state index contributed by atoms with van der Waals surface area (Å²) in [4.78, 5) is 12.3. The summed E-state index contributed by atoms with van der Waals surface area (Å²) in [7, 11) is 0. The number of rotatable bonds is 6. The third-order valence-corrected chi connectivity index (χ3v) is 5.66. The first-order chi connectivity index (χ1) is 12.6. The monoisotopic (exact) mass is 414 g/mol. The van der Waals surface area contributed by atoms with E-state index in [9.17, 15) is 4.79 Å². The number of benzene rings is 1. The van der Waals surface area contributed by atoms with E-state index in [0.717, 1.165) is 61.5 Å². The van der Waals surface area contributed by atoms with E-state index in [1.54, 1.807) is 0 Å². The SMILES string of the molecule is Cc1c(C(=O)CBr)cc(CCC2CCOCC2)n1-c1ccc(C#N)cc1. The molecule has 0 amide bonds. The third kappa shape index (κ3) is 4.08. The van der Waals surface area contributed by atoms with Crippen molar-refractivity contribution in [2.24, 2.45) is 5.92 Å². The molecule has 2 aromatic rings. The predicted octanol–water partition coefficient (Wildman–Crippen LogP) is 4.59. The van der Waals surface area contributed by atoms with Crippen molar-refractivity contribution in [3.63, 3.8) is 0 Å². The number of ketones is 1. The molecular formula is C21H23BrN2O2. The summed E-state index contributed by atoms with van der Waals surface area (Å²) in [6.45, 7) is 3.70. The molecule has 1 aromatic heterocycles. The Morgan fingerprint density at radius 2 is 2.00 bits per heavy atom. The first kappa shape index (κ1) is 18.9. The molecule has 0 radical (unpaired) electrons. The van der Waals surface area contributed by atoms with Gasteiger partial charge in [-0.25, -0.2) is 0 Å². The van der Waals surface area contributed by atoms with Crippen LogP contribution in [0.15, 0.2) is 30.3 Å². The average molecular weight is 415 g/mol. The Labute approximate surface area is 162 Å². The molecule has 0 aliphatic carbocycles. The number of Topliss-reactive ketones (excluding diaryl/α,β-unsaturated/α-hetero) is 1. The fraction of sp³-hybridized carbons (Fsp3) is 0.429. The molecule has 26 heavy (non-hydrogen) atoms. The fourth-order valence-corrected chi connectivity index (χ4v) is 3.94. The van der Waals surface area contributed by atoms with E-state index >= 15 is 0 Å². The minimum Gasteiger partial charge on any atom is -0.381 e. The Morgan fingerprint density at radius 3 is 2.62 bits per heavy atom. The van der Waals surface area contributed by atoms with Crippen molar-refractivity contribution in [2.45, 2.75) is 32.6 Å². The van der Waals surface area contributed by atoms with Crippen LogP contribution in [0.3, 0.4) is 0 Å². The van der Waals surface area contributed by atoms with E-state index in [-0.39, 0.29) is 5.78 Å². The highest BCUT2D eigenvalue weighted by atomic mass is 79.9. The number of nitriles is 1. The zero-order chi connectivity index (χ0) is 18.5. The maximum atomic E-state index is 12.3. The second kappa shape index (κ2) is 8.66. The van der Waals surface area contributed by atoms with Crippen LogP contribution < -0.4 is 0 Å². The maximum Gasteiger partial charge on any atom is 0.175 e. The normalized spacial score (nSPS) is 15.0. The number of nitrogens with zero attached hydrogens (tertiary/aromatic N) is 2. The lowest BCUT2D eigenvalue weighted by Gasteiger charge is -2.22. The second-order valence-corrected chi connectivity index (χ2v) is 7.34. The van der Waals surface area contributed by atoms with Crippen molar-refractivity contribution < 1.29 is 9.53 Å². The van der Waals surface area contributed by atoms with Gasteiger partial charge in [-0.2, -0.15) is 5.26 Å². The number of hydrogen-bond donors (Lipinski definition) is 0. The van der Waals surface area contributed by atoms with E-state index in [1.165, 1.54) is 0 Å². The van der Waals surface area contributed by atoms with Crippen molar-refractivity contribution in [3.05, 3.63) is 52.8 Å². The summed E-state index contributed by atoms with van der Waals surface area (Å²) in [5, 5.41) is 9.35. The zero-order valence-corrected chi connectivity index (χ0v) is 16.6. The molecule has 0 unspecified atom stereocenters. The third-order valence-electron chi connectivity index (χ3n) is 5.15. The van der Waals surface area contributed by atoms with Gasteiger partial charge in [-0.05, 0) is 68.9 Å². The molecule has 0 saturated carbocycles. The Bertz CT molecular complexity index is 812. The predicted molar refractivity (Wildman–Crippen MR) is 105 cm³/mol. The number of aromatic nitrogens is 1. The summed E-state index contributed by atoms with van der Waals surface area (Å²) in [6, 6.07) is 11.7. The molecular weight excluding hydrogens is 392 g/mol. The van der Waals surface area contributed by atoms with Gasteiger partial charge < -0.3 is 9.30 Å². The number of carbonyl (C=O) groups excluding carboxylic acids is 1. The van der Waals surface area contributed by atoms with Gasteiger partial charge in [0.15, 0.2) is 5.78 Å². The summed E-state index contributed by atoms with van der Waals surface area (Å²) in [6.07, 6.45) is 4.26. The summed E-state index contributed by atoms with van der Waals surface area (Å²) < 4.78 is 7.62. The average Bonchev–Trinajstić information content (AvgIpc) is 3.03. The molecule has 2 heterocycles.